The van der Waals surface area contributed by atoms with Crippen LogP contribution in [0.3, 0.4) is 0 Å². The first-order valence-corrected chi connectivity index (χ1v) is 7.68. The third kappa shape index (κ3) is 3.26. The van der Waals surface area contributed by atoms with Crippen LogP contribution >= 0.6 is 0 Å². The van der Waals surface area contributed by atoms with E-state index in [1.54, 1.807) is 35.9 Å². The third-order valence-corrected chi connectivity index (χ3v) is 4.18. The number of fused-ring (bicyclic) bond motifs is 1. The number of anilines is 1. The van der Waals surface area contributed by atoms with Crippen molar-refractivity contribution in [3.63, 3.8) is 0 Å². The van der Waals surface area contributed by atoms with Gasteiger partial charge in [-0.25, -0.2) is 0 Å². The molecule has 1 aromatic carbocycles. The van der Waals surface area contributed by atoms with Gasteiger partial charge in [0.15, 0.2) is 0 Å². The molecule has 0 spiro atoms. The van der Waals surface area contributed by atoms with Crippen LogP contribution < -0.4 is 5.32 Å². The van der Waals surface area contributed by atoms with Crippen molar-refractivity contribution in [2.45, 2.75) is 25.8 Å². The van der Waals surface area contributed by atoms with Gasteiger partial charge in [0.1, 0.15) is 0 Å². The maximum atomic E-state index is 12.4. The molecule has 0 fully saturated rings. The van der Waals surface area contributed by atoms with Gasteiger partial charge >= 0.3 is 0 Å². The molecule has 120 valence electrons. The van der Waals surface area contributed by atoms with Crippen molar-refractivity contribution >= 4 is 17.5 Å². The summed E-state index contributed by atoms with van der Waals surface area (Å²) in [6.07, 6.45) is 4.42. The number of carbonyl (C=O) groups excluding carboxylic acids is 2. The van der Waals surface area contributed by atoms with Crippen molar-refractivity contribution in [2.24, 2.45) is 7.05 Å². The summed E-state index contributed by atoms with van der Waals surface area (Å²) in [5.41, 5.74) is 2.94. The molecule has 0 aliphatic carbocycles. The Morgan fingerprint density at radius 2 is 2.13 bits per heavy atom. The second kappa shape index (κ2) is 6.24. The fourth-order valence-electron chi connectivity index (χ4n) is 3.12. The second-order valence-corrected chi connectivity index (χ2v) is 5.83. The van der Waals surface area contributed by atoms with E-state index in [2.05, 4.69) is 16.5 Å². The lowest BCUT2D eigenvalue weighted by Crippen LogP contribution is -2.40. The van der Waals surface area contributed by atoms with E-state index in [1.165, 1.54) is 5.56 Å². The number of nitrogens with one attached hydrogen (secondary N) is 1. The molecular weight excluding hydrogens is 292 g/mol. The second-order valence-electron chi connectivity index (χ2n) is 5.83. The Morgan fingerprint density at radius 1 is 1.35 bits per heavy atom. The van der Waals surface area contributed by atoms with Crippen molar-refractivity contribution in [3.05, 3.63) is 47.8 Å². The van der Waals surface area contributed by atoms with Gasteiger partial charge in [0.2, 0.25) is 11.8 Å². The largest absolute Gasteiger partial charge is 0.335 e. The number of aryl methyl sites for hydroxylation is 1. The SMILES string of the molecule is CC(=O)N1CCc2ccccc2[C@H]1CC(=O)Nc1cnn(C)c1. The highest BCUT2D eigenvalue weighted by Gasteiger charge is 2.30. The Labute approximate surface area is 135 Å². The summed E-state index contributed by atoms with van der Waals surface area (Å²) in [6, 6.07) is 7.81. The highest BCUT2D eigenvalue weighted by Crippen LogP contribution is 2.32. The van der Waals surface area contributed by atoms with Gasteiger partial charge < -0.3 is 10.2 Å². The average molecular weight is 312 g/mol. The first-order chi connectivity index (χ1) is 11.0. The van der Waals surface area contributed by atoms with Gasteiger partial charge in [0.25, 0.3) is 0 Å². The van der Waals surface area contributed by atoms with E-state index in [-0.39, 0.29) is 24.3 Å². The van der Waals surface area contributed by atoms with Crippen LogP contribution in [0.25, 0.3) is 0 Å². The minimum Gasteiger partial charge on any atom is -0.335 e. The number of benzene rings is 1. The quantitative estimate of drug-likeness (QED) is 0.941. The Hall–Kier alpha value is -2.63. The molecule has 0 bridgehead atoms. The summed E-state index contributed by atoms with van der Waals surface area (Å²) in [7, 11) is 1.80. The predicted molar refractivity (Wildman–Crippen MR) is 86.7 cm³/mol. The Morgan fingerprint density at radius 3 is 2.83 bits per heavy atom. The molecule has 2 heterocycles. The van der Waals surface area contributed by atoms with Gasteiger partial charge in [-0.1, -0.05) is 24.3 Å². The van der Waals surface area contributed by atoms with E-state index in [0.29, 0.717) is 12.2 Å². The number of aromatic nitrogens is 2. The molecule has 1 aliphatic heterocycles. The first kappa shape index (κ1) is 15.3. The lowest BCUT2D eigenvalue weighted by atomic mass is 9.90. The molecule has 6 nitrogen and oxygen atoms in total. The fraction of sp³-hybridized carbons (Fsp3) is 0.353. The zero-order valence-electron chi connectivity index (χ0n) is 13.3. The smallest absolute Gasteiger partial charge is 0.226 e. The highest BCUT2D eigenvalue weighted by molar-refractivity contribution is 5.91. The number of nitrogens with zero attached hydrogens (tertiary/aromatic N) is 3. The molecule has 1 aliphatic rings. The zero-order valence-corrected chi connectivity index (χ0v) is 13.3. The van der Waals surface area contributed by atoms with Crippen LogP contribution in [0.2, 0.25) is 0 Å². The summed E-state index contributed by atoms with van der Waals surface area (Å²) >= 11 is 0. The summed E-state index contributed by atoms with van der Waals surface area (Å²) in [5, 5.41) is 6.87. The van der Waals surface area contributed by atoms with E-state index >= 15 is 0 Å². The van der Waals surface area contributed by atoms with Crippen molar-refractivity contribution in [1.29, 1.82) is 0 Å². The molecule has 0 radical (unpaired) electrons. The maximum Gasteiger partial charge on any atom is 0.226 e. The van der Waals surface area contributed by atoms with Crippen LogP contribution in [0, 0.1) is 0 Å². The Balaban J connectivity index is 1.80. The van der Waals surface area contributed by atoms with Gasteiger partial charge in [-0.2, -0.15) is 5.10 Å². The number of carbonyl (C=O) groups is 2. The minimum atomic E-state index is -0.214. The third-order valence-electron chi connectivity index (χ3n) is 4.18. The standard InChI is InChI=1S/C17H20N4O2/c1-12(22)21-8-7-13-5-3-4-6-15(13)16(21)9-17(23)19-14-10-18-20(2)11-14/h3-6,10-11,16H,7-9H2,1-2H3,(H,19,23)/t16-/m1/s1. The van der Waals surface area contributed by atoms with E-state index < -0.39 is 0 Å². The molecule has 2 aromatic rings. The molecule has 3 rings (SSSR count). The van der Waals surface area contributed by atoms with E-state index in [9.17, 15) is 9.59 Å². The molecule has 0 saturated carbocycles. The summed E-state index contributed by atoms with van der Waals surface area (Å²) in [4.78, 5) is 26.1. The van der Waals surface area contributed by atoms with Crippen molar-refractivity contribution in [2.75, 3.05) is 11.9 Å². The van der Waals surface area contributed by atoms with Crippen LogP contribution in [0.5, 0.6) is 0 Å². The summed E-state index contributed by atoms with van der Waals surface area (Å²) in [5.74, 6) is -0.121. The highest BCUT2D eigenvalue weighted by atomic mass is 16.2. The van der Waals surface area contributed by atoms with Crippen LogP contribution in [0.4, 0.5) is 5.69 Å². The van der Waals surface area contributed by atoms with Gasteiger partial charge in [0.05, 0.1) is 24.3 Å². The maximum absolute atomic E-state index is 12.4. The molecule has 6 heteroatoms. The van der Waals surface area contributed by atoms with Crippen LogP contribution in [0.1, 0.15) is 30.5 Å². The van der Waals surface area contributed by atoms with E-state index in [0.717, 1.165) is 12.0 Å². The van der Waals surface area contributed by atoms with Crippen LogP contribution in [-0.4, -0.2) is 33.0 Å². The average Bonchev–Trinajstić information content (AvgIpc) is 2.92. The molecule has 0 unspecified atom stereocenters. The monoisotopic (exact) mass is 312 g/mol. The van der Waals surface area contributed by atoms with Crippen molar-refractivity contribution in [3.8, 4) is 0 Å². The normalized spacial score (nSPS) is 16.8. The molecular formula is C17H20N4O2. The number of amides is 2. The molecule has 1 atom stereocenters. The number of hydrogen-bond donors (Lipinski definition) is 1. The fourth-order valence-corrected chi connectivity index (χ4v) is 3.12. The Kier molecular flexibility index (Phi) is 4.14. The minimum absolute atomic E-state index is 0.00122. The molecule has 0 saturated heterocycles. The summed E-state index contributed by atoms with van der Waals surface area (Å²) < 4.78 is 1.63. The molecule has 2 amide bonds. The molecule has 1 N–H and O–H groups in total. The van der Waals surface area contributed by atoms with Crippen LogP contribution in [0.15, 0.2) is 36.7 Å². The van der Waals surface area contributed by atoms with Gasteiger partial charge in [-0.15, -0.1) is 0 Å². The van der Waals surface area contributed by atoms with E-state index in [4.69, 9.17) is 0 Å². The topological polar surface area (TPSA) is 67.2 Å². The van der Waals surface area contributed by atoms with Gasteiger partial charge in [-0.05, 0) is 17.5 Å². The lowest BCUT2D eigenvalue weighted by molar-refractivity contribution is -0.132. The molecule has 23 heavy (non-hydrogen) atoms. The first-order valence-electron chi connectivity index (χ1n) is 7.68. The summed E-state index contributed by atoms with van der Waals surface area (Å²) in [6.45, 7) is 2.21. The number of rotatable bonds is 3. The number of hydrogen-bond acceptors (Lipinski definition) is 3. The van der Waals surface area contributed by atoms with Crippen molar-refractivity contribution in [1.82, 2.24) is 14.7 Å². The Bertz CT molecular complexity index is 738. The van der Waals surface area contributed by atoms with Gasteiger partial charge in [0, 0.05) is 26.7 Å². The molecule has 1 aromatic heterocycles. The zero-order chi connectivity index (χ0) is 16.4. The predicted octanol–water partition coefficient (Wildman–Crippen LogP) is 1.89. The van der Waals surface area contributed by atoms with E-state index in [1.807, 2.05) is 18.2 Å². The van der Waals surface area contributed by atoms with Crippen molar-refractivity contribution < 1.29 is 9.59 Å². The van der Waals surface area contributed by atoms with Gasteiger partial charge in [-0.3, -0.25) is 14.3 Å². The van der Waals surface area contributed by atoms with Crippen LogP contribution in [-0.2, 0) is 23.1 Å². The lowest BCUT2D eigenvalue weighted by Gasteiger charge is -2.36.